The van der Waals surface area contributed by atoms with Crippen molar-refractivity contribution in [1.82, 2.24) is 14.8 Å². The third kappa shape index (κ3) is 4.59. The number of likely N-dealkylation sites (tertiary alicyclic amines) is 2. The molecule has 3 rings (SSSR count). The molecule has 28 heavy (non-hydrogen) atoms. The number of unbranched alkanes of at least 4 members (excludes halogenated alkanes) is 1. The molecular formula is C21H26ClN3O3. The Bertz CT molecular complexity index is 807. The molecule has 0 radical (unpaired) electrons. The van der Waals surface area contributed by atoms with E-state index in [1.807, 2.05) is 9.80 Å². The van der Waals surface area contributed by atoms with Crippen LogP contribution >= 0.6 is 11.6 Å². The van der Waals surface area contributed by atoms with E-state index in [0.29, 0.717) is 24.5 Å². The van der Waals surface area contributed by atoms with E-state index in [-0.39, 0.29) is 22.4 Å². The summed E-state index contributed by atoms with van der Waals surface area (Å²) in [5, 5.41) is 0.241. The molecule has 2 fully saturated rings. The number of nitrogens with zero attached hydrogens (tertiary/aromatic N) is 3. The van der Waals surface area contributed by atoms with Crippen LogP contribution in [0, 0.1) is 17.3 Å². The van der Waals surface area contributed by atoms with E-state index in [1.54, 1.807) is 12.1 Å². The summed E-state index contributed by atoms with van der Waals surface area (Å²) in [6.45, 7) is 4.89. The molecule has 1 aromatic heterocycles. The maximum Gasteiger partial charge on any atom is 0.298 e. The van der Waals surface area contributed by atoms with Crippen LogP contribution in [0.1, 0.15) is 49.4 Å². The van der Waals surface area contributed by atoms with E-state index in [9.17, 15) is 9.59 Å². The summed E-state index contributed by atoms with van der Waals surface area (Å²) in [7, 11) is 1.50. The van der Waals surface area contributed by atoms with Crippen molar-refractivity contribution in [3.63, 3.8) is 0 Å². The molecule has 1 spiro atoms. The number of aromatic nitrogens is 1. The van der Waals surface area contributed by atoms with Gasteiger partial charge in [-0.2, -0.15) is 0 Å². The van der Waals surface area contributed by atoms with Crippen molar-refractivity contribution in [2.45, 2.75) is 39.0 Å². The molecule has 0 aliphatic carbocycles. The summed E-state index contributed by atoms with van der Waals surface area (Å²) >= 11 is 5.99. The Morgan fingerprint density at radius 2 is 1.89 bits per heavy atom. The van der Waals surface area contributed by atoms with E-state index in [1.165, 1.54) is 7.11 Å². The molecule has 0 aromatic carbocycles. The number of carbonyl (C=O) groups excluding carboxylic acids is 2. The Hall–Kier alpha value is -2.26. The van der Waals surface area contributed by atoms with Crippen LogP contribution in [0.4, 0.5) is 0 Å². The Morgan fingerprint density at radius 3 is 2.54 bits per heavy atom. The lowest BCUT2D eigenvalue weighted by Gasteiger charge is -2.39. The average molecular weight is 404 g/mol. The minimum absolute atomic E-state index is 0.0613. The molecular weight excluding hydrogens is 378 g/mol. The van der Waals surface area contributed by atoms with Crippen LogP contribution in [0.2, 0.25) is 5.15 Å². The Balaban J connectivity index is 1.59. The lowest BCUT2D eigenvalue weighted by Crippen LogP contribution is -2.44. The topological polar surface area (TPSA) is 62.7 Å². The molecule has 0 saturated carbocycles. The van der Waals surface area contributed by atoms with Crippen molar-refractivity contribution >= 4 is 23.4 Å². The monoisotopic (exact) mass is 403 g/mol. The summed E-state index contributed by atoms with van der Waals surface area (Å²) in [5.74, 6) is 5.89. The van der Waals surface area contributed by atoms with Gasteiger partial charge in [-0.05, 0) is 43.1 Å². The normalized spacial score (nSPS) is 18.0. The van der Waals surface area contributed by atoms with Gasteiger partial charge in [0.25, 0.3) is 11.8 Å². The van der Waals surface area contributed by atoms with Gasteiger partial charge in [0.2, 0.25) is 5.88 Å². The number of pyridine rings is 1. The van der Waals surface area contributed by atoms with Gasteiger partial charge in [-0.25, -0.2) is 4.98 Å². The molecule has 0 atom stereocenters. The molecule has 6 nitrogen and oxygen atoms in total. The standard InChI is InChI=1S/C21H26ClN3O3/c1-3-4-5-6-19(26)25-12-9-21(15-25)7-10-24(11-8-21)20(27)16-13-17(22)23-18(14-16)28-2/h13-14H,3-4,7-12,15H2,1-2H3. The van der Waals surface area contributed by atoms with Gasteiger partial charge < -0.3 is 14.5 Å². The molecule has 7 heteroatoms. The van der Waals surface area contributed by atoms with Crippen molar-refractivity contribution in [3.05, 3.63) is 22.8 Å². The summed E-state index contributed by atoms with van der Waals surface area (Å²) in [4.78, 5) is 32.8. The Kier molecular flexibility index (Phi) is 6.46. The molecule has 0 unspecified atom stereocenters. The van der Waals surface area contributed by atoms with Gasteiger partial charge in [0.05, 0.1) is 7.11 Å². The highest BCUT2D eigenvalue weighted by atomic mass is 35.5. The summed E-state index contributed by atoms with van der Waals surface area (Å²) in [6.07, 6.45) is 4.47. The number of carbonyl (C=O) groups is 2. The van der Waals surface area contributed by atoms with Crippen LogP contribution in [0.15, 0.2) is 12.1 Å². The van der Waals surface area contributed by atoms with Gasteiger partial charge >= 0.3 is 0 Å². The van der Waals surface area contributed by atoms with E-state index in [2.05, 4.69) is 23.7 Å². The van der Waals surface area contributed by atoms with Crippen molar-refractivity contribution in [2.75, 3.05) is 33.3 Å². The van der Waals surface area contributed by atoms with Gasteiger partial charge in [0.1, 0.15) is 5.15 Å². The predicted octanol–water partition coefficient (Wildman–Crippen LogP) is 3.00. The van der Waals surface area contributed by atoms with Crippen LogP contribution in [-0.2, 0) is 4.79 Å². The van der Waals surface area contributed by atoms with E-state index < -0.39 is 0 Å². The van der Waals surface area contributed by atoms with Gasteiger partial charge in [0, 0.05) is 44.2 Å². The number of ether oxygens (including phenoxy) is 1. The minimum atomic E-state index is -0.0673. The zero-order valence-corrected chi connectivity index (χ0v) is 17.2. The van der Waals surface area contributed by atoms with Crippen LogP contribution < -0.4 is 4.74 Å². The largest absolute Gasteiger partial charge is 0.481 e. The number of rotatable bonds is 3. The zero-order valence-electron chi connectivity index (χ0n) is 16.5. The second-order valence-electron chi connectivity index (χ2n) is 7.54. The van der Waals surface area contributed by atoms with Gasteiger partial charge in [-0.3, -0.25) is 9.59 Å². The molecule has 2 amide bonds. The highest BCUT2D eigenvalue weighted by molar-refractivity contribution is 6.29. The second kappa shape index (κ2) is 8.83. The fourth-order valence-electron chi connectivity index (χ4n) is 3.93. The van der Waals surface area contributed by atoms with Crippen LogP contribution in [0.3, 0.4) is 0 Å². The van der Waals surface area contributed by atoms with Gasteiger partial charge in [0.15, 0.2) is 0 Å². The molecule has 1 aromatic rings. The third-order valence-electron chi connectivity index (χ3n) is 5.63. The Labute approximate surface area is 171 Å². The van der Waals surface area contributed by atoms with Gasteiger partial charge in [-0.1, -0.05) is 24.4 Å². The second-order valence-corrected chi connectivity index (χ2v) is 7.93. The number of halogens is 1. The number of methoxy groups -OCH3 is 1. The van der Waals surface area contributed by atoms with Crippen molar-refractivity contribution in [3.8, 4) is 17.7 Å². The molecule has 0 N–H and O–H groups in total. The highest BCUT2D eigenvalue weighted by Crippen LogP contribution is 2.40. The van der Waals surface area contributed by atoms with Crippen molar-refractivity contribution in [1.29, 1.82) is 0 Å². The van der Waals surface area contributed by atoms with Gasteiger partial charge in [-0.15, -0.1) is 0 Å². The predicted molar refractivity (Wildman–Crippen MR) is 107 cm³/mol. The number of hydrogen-bond acceptors (Lipinski definition) is 4. The molecule has 0 bridgehead atoms. The smallest absolute Gasteiger partial charge is 0.298 e. The number of piperidine rings is 1. The van der Waals surface area contributed by atoms with E-state index in [0.717, 1.165) is 45.2 Å². The third-order valence-corrected chi connectivity index (χ3v) is 5.83. The molecule has 2 saturated heterocycles. The van der Waals surface area contributed by atoms with E-state index in [4.69, 9.17) is 16.3 Å². The molecule has 2 aliphatic heterocycles. The highest BCUT2D eigenvalue weighted by Gasteiger charge is 2.42. The fraction of sp³-hybridized carbons (Fsp3) is 0.571. The van der Waals surface area contributed by atoms with Crippen molar-refractivity contribution in [2.24, 2.45) is 5.41 Å². The van der Waals surface area contributed by atoms with Crippen LogP contribution in [0.5, 0.6) is 5.88 Å². The maximum absolute atomic E-state index is 12.8. The summed E-state index contributed by atoms with van der Waals surface area (Å²) in [6, 6.07) is 3.19. The van der Waals surface area contributed by atoms with Crippen molar-refractivity contribution < 1.29 is 14.3 Å². The molecule has 2 aliphatic rings. The summed E-state index contributed by atoms with van der Waals surface area (Å²) < 4.78 is 5.10. The Morgan fingerprint density at radius 1 is 1.21 bits per heavy atom. The van der Waals surface area contributed by atoms with E-state index >= 15 is 0 Å². The zero-order chi connectivity index (χ0) is 20.1. The van der Waals surface area contributed by atoms with Crippen LogP contribution in [-0.4, -0.2) is 59.9 Å². The first kappa shape index (κ1) is 20.5. The first-order valence-electron chi connectivity index (χ1n) is 9.75. The lowest BCUT2D eigenvalue weighted by molar-refractivity contribution is -0.124. The SMILES string of the molecule is CCCC#CC(=O)N1CCC2(CCN(C(=O)c3cc(Cl)nc(OC)c3)CC2)C1. The minimum Gasteiger partial charge on any atom is -0.481 e. The first-order chi connectivity index (χ1) is 13.5. The number of hydrogen-bond donors (Lipinski definition) is 0. The summed E-state index contributed by atoms with van der Waals surface area (Å²) in [5.41, 5.74) is 0.592. The van der Waals surface area contributed by atoms with Crippen LogP contribution in [0.25, 0.3) is 0 Å². The quantitative estimate of drug-likeness (QED) is 0.575. The average Bonchev–Trinajstić information content (AvgIpc) is 3.11. The fourth-order valence-corrected chi connectivity index (χ4v) is 4.13. The molecule has 3 heterocycles. The molecule has 150 valence electrons. The first-order valence-corrected chi connectivity index (χ1v) is 10.1. The lowest BCUT2D eigenvalue weighted by atomic mass is 9.77. The maximum atomic E-state index is 12.8. The number of amides is 2.